The third-order valence-corrected chi connectivity index (χ3v) is 2.34. The number of aromatic nitrogens is 1. The third-order valence-electron chi connectivity index (χ3n) is 2.34. The number of benzene rings is 1. The van der Waals surface area contributed by atoms with Crippen molar-refractivity contribution < 1.29 is 0 Å². The molecule has 0 amide bonds. The van der Waals surface area contributed by atoms with Crippen LogP contribution in [0.3, 0.4) is 0 Å². The lowest BCUT2D eigenvalue weighted by molar-refractivity contribution is 0.863. The minimum atomic E-state index is -0.140. The lowest BCUT2D eigenvalue weighted by Gasteiger charge is -2.11. The molecule has 0 radical (unpaired) electrons. The van der Waals surface area contributed by atoms with Crippen LogP contribution in [0.5, 0.6) is 0 Å². The molecule has 1 aromatic heterocycles. The molecule has 2 aromatic rings. The zero-order valence-electron chi connectivity index (χ0n) is 8.30. The molecule has 3 heteroatoms. The molecule has 1 atom stereocenters. The van der Waals surface area contributed by atoms with Crippen LogP contribution in [-0.2, 0) is 0 Å². The summed E-state index contributed by atoms with van der Waals surface area (Å²) >= 11 is 0. The second-order valence-corrected chi connectivity index (χ2v) is 3.43. The molecular weight excluding hydrogens is 186 g/mol. The summed E-state index contributed by atoms with van der Waals surface area (Å²) in [5, 5.41) is 0. The van der Waals surface area contributed by atoms with Crippen molar-refractivity contribution in [1.82, 2.24) is 4.98 Å². The Morgan fingerprint density at radius 1 is 1.00 bits per heavy atom. The van der Waals surface area contributed by atoms with Crippen LogP contribution in [0.4, 0.5) is 5.69 Å². The van der Waals surface area contributed by atoms with Crippen molar-refractivity contribution >= 4 is 5.69 Å². The zero-order chi connectivity index (χ0) is 10.7. The lowest BCUT2D eigenvalue weighted by atomic mass is 10.0. The molecule has 2 rings (SSSR count). The minimum absolute atomic E-state index is 0.140. The van der Waals surface area contributed by atoms with Gasteiger partial charge in [0.1, 0.15) is 0 Å². The van der Waals surface area contributed by atoms with Crippen LogP contribution in [0.2, 0.25) is 0 Å². The average Bonchev–Trinajstić information content (AvgIpc) is 2.30. The Bertz CT molecular complexity index is 422. The molecule has 0 aliphatic rings. The monoisotopic (exact) mass is 199 g/mol. The first-order valence-corrected chi connectivity index (χ1v) is 4.78. The number of nitrogen functional groups attached to an aromatic ring is 1. The van der Waals surface area contributed by atoms with Gasteiger partial charge in [-0.2, -0.15) is 0 Å². The molecule has 0 fully saturated rings. The van der Waals surface area contributed by atoms with Crippen LogP contribution < -0.4 is 11.5 Å². The van der Waals surface area contributed by atoms with E-state index < -0.39 is 0 Å². The second-order valence-electron chi connectivity index (χ2n) is 3.43. The van der Waals surface area contributed by atoms with Gasteiger partial charge in [0.25, 0.3) is 0 Å². The van der Waals surface area contributed by atoms with Gasteiger partial charge in [-0.05, 0) is 29.3 Å². The number of anilines is 1. The van der Waals surface area contributed by atoms with E-state index in [0.717, 1.165) is 16.8 Å². The van der Waals surface area contributed by atoms with Gasteiger partial charge in [-0.3, -0.25) is 4.98 Å². The molecule has 1 unspecified atom stereocenters. The molecule has 0 aliphatic heterocycles. The molecule has 15 heavy (non-hydrogen) atoms. The fourth-order valence-corrected chi connectivity index (χ4v) is 1.46. The van der Waals surface area contributed by atoms with Crippen molar-refractivity contribution in [1.29, 1.82) is 0 Å². The number of rotatable bonds is 2. The number of nitrogens with two attached hydrogens (primary N) is 2. The molecule has 0 spiro atoms. The maximum absolute atomic E-state index is 6.09. The number of pyridine rings is 1. The normalized spacial score (nSPS) is 12.3. The Hall–Kier alpha value is -1.87. The zero-order valence-corrected chi connectivity index (χ0v) is 8.30. The highest BCUT2D eigenvalue weighted by molar-refractivity contribution is 5.41. The summed E-state index contributed by atoms with van der Waals surface area (Å²) in [5.74, 6) is 0. The quantitative estimate of drug-likeness (QED) is 0.724. The summed E-state index contributed by atoms with van der Waals surface area (Å²) in [7, 11) is 0. The van der Waals surface area contributed by atoms with Crippen LogP contribution >= 0.6 is 0 Å². The molecule has 76 valence electrons. The summed E-state index contributed by atoms with van der Waals surface area (Å²) < 4.78 is 0. The van der Waals surface area contributed by atoms with E-state index >= 15 is 0 Å². The highest BCUT2D eigenvalue weighted by Crippen LogP contribution is 2.19. The maximum atomic E-state index is 6.09. The van der Waals surface area contributed by atoms with Crippen molar-refractivity contribution in [3.63, 3.8) is 0 Å². The number of hydrogen-bond donors (Lipinski definition) is 2. The Balaban J connectivity index is 2.29. The van der Waals surface area contributed by atoms with Gasteiger partial charge in [-0.1, -0.05) is 18.2 Å². The molecule has 0 saturated carbocycles. The molecule has 0 bridgehead atoms. The summed E-state index contributed by atoms with van der Waals surface area (Å²) in [4.78, 5) is 4.04. The number of nitrogens with zero attached hydrogens (tertiary/aromatic N) is 1. The predicted molar refractivity (Wildman–Crippen MR) is 61.1 cm³/mol. The van der Waals surface area contributed by atoms with Gasteiger partial charge in [-0.15, -0.1) is 0 Å². The van der Waals surface area contributed by atoms with E-state index in [1.807, 2.05) is 36.4 Å². The van der Waals surface area contributed by atoms with Crippen LogP contribution in [0.25, 0.3) is 0 Å². The van der Waals surface area contributed by atoms with E-state index in [0.29, 0.717) is 0 Å². The maximum Gasteiger partial charge on any atom is 0.0566 e. The highest BCUT2D eigenvalue weighted by atomic mass is 14.7. The summed E-state index contributed by atoms with van der Waals surface area (Å²) in [6.07, 6.45) is 3.51. The van der Waals surface area contributed by atoms with Crippen molar-refractivity contribution in [2.24, 2.45) is 5.73 Å². The third kappa shape index (κ3) is 2.14. The van der Waals surface area contributed by atoms with E-state index in [9.17, 15) is 0 Å². The van der Waals surface area contributed by atoms with Gasteiger partial charge >= 0.3 is 0 Å². The Labute approximate surface area is 88.8 Å². The fourth-order valence-electron chi connectivity index (χ4n) is 1.46. The first-order chi connectivity index (χ1) is 7.27. The second kappa shape index (κ2) is 4.11. The molecular formula is C12H13N3. The van der Waals surface area contributed by atoms with Crippen molar-refractivity contribution in [2.75, 3.05) is 5.73 Å². The molecule has 1 heterocycles. The Morgan fingerprint density at radius 2 is 1.73 bits per heavy atom. The minimum Gasteiger partial charge on any atom is -0.399 e. The SMILES string of the molecule is Nc1ccc(C(N)c2cccnc2)cc1. The highest BCUT2D eigenvalue weighted by Gasteiger charge is 2.07. The van der Waals surface area contributed by atoms with Gasteiger partial charge in [0.15, 0.2) is 0 Å². The first-order valence-electron chi connectivity index (χ1n) is 4.78. The topological polar surface area (TPSA) is 64.9 Å². The summed E-state index contributed by atoms with van der Waals surface area (Å²) in [6.45, 7) is 0. The largest absolute Gasteiger partial charge is 0.399 e. The molecule has 0 aliphatic carbocycles. The molecule has 4 N–H and O–H groups in total. The van der Waals surface area contributed by atoms with E-state index in [1.54, 1.807) is 12.4 Å². The van der Waals surface area contributed by atoms with E-state index in [4.69, 9.17) is 11.5 Å². The van der Waals surface area contributed by atoms with Gasteiger partial charge in [-0.25, -0.2) is 0 Å². The first kappa shape index (κ1) is 9.68. The van der Waals surface area contributed by atoms with Gasteiger partial charge in [0.2, 0.25) is 0 Å². The van der Waals surface area contributed by atoms with Crippen LogP contribution in [0.1, 0.15) is 17.2 Å². The summed E-state index contributed by atoms with van der Waals surface area (Å²) in [6, 6.07) is 11.3. The van der Waals surface area contributed by atoms with Gasteiger partial charge in [0, 0.05) is 18.1 Å². The van der Waals surface area contributed by atoms with Crippen molar-refractivity contribution in [3.05, 3.63) is 59.9 Å². The Kier molecular flexibility index (Phi) is 2.65. The number of hydrogen-bond acceptors (Lipinski definition) is 3. The van der Waals surface area contributed by atoms with Gasteiger partial charge in [0.05, 0.1) is 6.04 Å². The average molecular weight is 199 g/mol. The van der Waals surface area contributed by atoms with Crippen LogP contribution in [0.15, 0.2) is 48.8 Å². The fraction of sp³-hybridized carbons (Fsp3) is 0.0833. The molecule has 1 aromatic carbocycles. The lowest BCUT2D eigenvalue weighted by Crippen LogP contribution is -2.11. The van der Waals surface area contributed by atoms with E-state index in [1.165, 1.54) is 0 Å². The standard InChI is InChI=1S/C12H13N3/c13-11-5-3-9(4-6-11)12(14)10-2-1-7-15-8-10/h1-8,12H,13-14H2. The summed E-state index contributed by atoms with van der Waals surface area (Å²) in [5.41, 5.74) is 14.5. The van der Waals surface area contributed by atoms with Crippen LogP contribution in [-0.4, -0.2) is 4.98 Å². The predicted octanol–water partition coefficient (Wildman–Crippen LogP) is 1.71. The molecule has 3 nitrogen and oxygen atoms in total. The van der Waals surface area contributed by atoms with Gasteiger partial charge < -0.3 is 11.5 Å². The Morgan fingerprint density at radius 3 is 2.33 bits per heavy atom. The van der Waals surface area contributed by atoms with Crippen LogP contribution in [0, 0.1) is 0 Å². The van der Waals surface area contributed by atoms with E-state index in [2.05, 4.69) is 4.98 Å². The smallest absolute Gasteiger partial charge is 0.0566 e. The van der Waals surface area contributed by atoms with Crippen molar-refractivity contribution in [2.45, 2.75) is 6.04 Å². The van der Waals surface area contributed by atoms with E-state index in [-0.39, 0.29) is 6.04 Å². The van der Waals surface area contributed by atoms with Crippen molar-refractivity contribution in [3.8, 4) is 0 Å². The molecule has 0 saturated heterocycles.